The molecule has 5 atom stereocenters. The number of hydrogen-bond donors (Lipinski definition) is 0. The number of ether oxygens (including phenoxy) is 2. The van der Waals surface area contributed by atoms with Crippen LogP contribution in [0, 0.1) is 11.3 Å². The van der Waals surface area contributed by atoms with E-state index in [2.05, 4.69) is 27.7 Å². The van der Waals surface area contributed by atoms with E-state index in [1.807, 2.05) is 32.2 Å². The molecule has 1 saturated heterocycles. The molecule has 1 aliphatic heterocycles. The van der Waals surface area contributed by atoms with Crippen LogP contribution < -0.4 is 0 Å². The number of rotatable bonds is 2. The van der Waals surface area contributed by atoms with E-state index >= 15 is 0 Å². The molecule has 0 radical (unpaired) electrons. The van der Waals surface area contributed by atoms with Gasteiger partial charge in [-0.1, -0.05) is 29.8 Å². The van der Waals surface area contributed by atoms with Crippen LogP contribution in [0.1, 0.15) is 26.3 Å². The van der Waals surface area contributed by atoms with E-state index in [0.717, 1.165) is 17.5 Å². The Morgan fingerprint density at radius 3 is 2.88 bits per heavy atom. The van der Waals surface area contributed by atoms with Gasteiger partial charge in [0.15, 0.2) is 5.79 Å². The van der Waals surface area contributed by atoms with Gasteiger partial charge in [0, 0.05) is 17.5 Å². The Morgan fingerprint density at radius 2 is 2.16 bits per heavy atom. The highest BCUT2D eigenvalue weighted by molar-refractivity contribution is 6.33. The van der Waals surface area contributed by atoms with Crippen LogP contribution in [-0.2, 0) is 9.47 Å². The van der Waals surface area contributed by atoms with Crippen LogP contribution in [-0.4, -0.2) is 32.5 Å². The van der Waals surface area contributed by atoms with Crippen LogP contribution in [0.2, 0.25) is 5.15 Å². The molecular weight excluding hydrogens is 338 g/mol. The second-order valence-corrected chi connectivity index (χ2v) is 8.05. The third kappa shape index (κ3) is 1.76. The van der Waals surface area contributed by atoms with E-state index < -0.39 is 5.79 Å². The molecule has 2 saturated carbocycles. The largest absolute Gasteiger partial charge is 0.343 e. The number of nitrogens with zero attached hydrogens (tertiary/aromatic N) is 3. The molecule has 0 amide bonds. The van der Waals surface area contributed by atoms with Crippen LogP contribution in [0.3, 0.4) is 0 Å². The Morgan fingerprint density at radius 1 is 1.36 bits per heavy atom. The molecule has 3 aliphatic rings. The van der Waals surface area contributed by atoms with Crippen molar-refractivity contribution in [1.82, 2.24) is 14.5 Å². The summed E-state index contributed by atoms with van der Waals surface area (Å²) in [5.74, 6) is -0.298. The van der Waals surface area contributed by atoms with E-state index in [1.54, 1.807) is 0 Å². The van der Waals surface area contributed by atoms with E-state index in [0.29, 0.717) is 11.1 Å². The van der Waals surface area contributed by atoms with Crippen LogP contribution in [0.25, 0.3) is 11.0 Å². The Balaban J connectivity index is 1.69. The van der Waals surface area contributed by atoms with Crippen molar-refractivity contribution in [3.8, 4) is 0 Å². The summed E-state index contributed by atoms with van der Waals surface area (Å²) < 4.78 is 14.8. The topological polar surface area (TPSA) is 49.2 Å². The van der Waals surface area contributed by atoms with Crippen LogP contribution in [0.4, 0.5) is 0 Å². The minimum Gasteiger partial charge on any atom is -0.343 e. The lowest BCUT2D eigenvalue weighted by atomic mass is 9.57. The number of aromatic nitrogens is 3. The summed E-state index contributed by atoms with van der Waals surface area (Å²) in [6.45, 7) is 12.3. The van der Waals surface area contributed by atoms with Crippen LogP contribution >= 0.6 is 11.6 Å². The molecule has 5 rings (SSSR count). The zero-order valence-electron chi connectivity index (χ0n) is 14.3. The summed E-state index contributed by atoms with van der Waals surface area (Å²) in [7, 11) is 0. The molecule has 0 N–H and O–H groups in total. The zero-order chi connectivity index (χ0) is 17.6. The zero-order valence-corrected chi connectivity index (χ0v) is 15.0. The van der Waals surface area contributed by atoms with Gasteiger partial charge in [0.2, 0.25) is 0 Å². The quantitative estimate of drug-likeness (QED) is 0.604. The molecule has 3 heterocycles. The van der Waals surface area contributed by atoms with Gasteiger partial charge in [0.25, 0.3) is 0 Å². The Bertz CT molecular complexity index is 921. The molecule has 130 valence electrons. The van der Waals surface area contributed by atoms with Crippen molar-refractivity contribution in [2.75, 3.05) is 0 Å². The van der Waals surface area contributed by atoms with Gasteiger partial charge in [-0.15, -0.1) is 6.58 Å². The summed E-state index contributed by atoms with van der Waals surface area (Å²) >= 11 is 6.24. The fourth-order valence-corrected chi connectivity index (χ4v) is 5.33. The minimum absolute atomic E-state index is 0.0778. The van der Waals surface area contributed by atoms with Gasteiger partial charge in [-0.25, -0.2) is 9.97 Å². The van der Waals surface area contributed by atoms with Gasteiger partial charge in [0.05, 0.1) is 11.4 Å². The molecule has 0 unspecified atom stereocenters. The van der Waals surface area contributed by atoms with E-state index in [-0.39, 0.29) is 23.7 Å². The third-order valence-electron chi connectivity index (χ3n) is 6.16. The van der Waals surface area contributed by atoms with Crippen molar-refractivity contribution in [2.45, 2.75) is 44.3 Å². The molecule has 0 bridgehead atoms. The van der Waals surface area contributed by atoms with Gasteiger partial charge in [0.1, 0.15) is 29.3 Å². The van der Waals surface area contributed by atoms with E-state index in [9.17, 15) is 0 Å². The highest BCUT2D eigenvalue weighted by Crippen LogP contribution is 2.68. The van der Waals surface area contributed by atoms with Gasteiger partial charge in [-0.05, 0) is 26.3 Å². The predicted octanol–water partition coefficient (Wildman–Crippen LogP) is 3.91. The summed E-state index contributed by atoms with van der Waals surface area (Å²) in [6.07, 6.45) is 6.33. The maximum Gasteiger partial charge on any atom is 0.163 e. The first kappa shape index (κ1) is 15.6. The monoisotopic (exact) mass is 357 g/mol. The van der Waals surface area contributed by atoms with Gasteiger partial charge in [-0.3, -0.25) is 0 Å². The lowest BCUT2D eigenvalue weighted by Crippen LogP contribution is -2.47. The van der Waals surface area contributed by atoms with Crippen molar-refractivity contribution >= 4 is 22.6 Å². The van der Waals surface area contributed by atoms with Crippen LogP contribution in [0.15, 0.2) is 43.4 Å². The summed E-state index contributed by atoms with van der Waals surface area (Å²) in [5, 5.41) is 1.32. The average Bonchev–Trinajstić information content (AvgIpc) is 3.15. The highest BCUT2D eigenvalue weighted by Gasteiger charge is 2.71. The highest BCUT2D eigenvalue weighted by atomic mass is 35.5. The van der Waals surface area contributed by atoms with Crippen molar-refractivity contribution in [2.24, 2.45) is 11.3 Å². The minimum atomic E-state index is -0.625. The molecule has 3 fully saturated rings. The summed E-state index contributed by atoms with van der Waals surface area (Å²) in [6, 6.07) is 2.06. The first-order valence-electron chi connectivity index (χ1n) is 8.53. The molecule has 2 aromatic rings. The standard InChI is InChI=1S/C19H20ClN3O2/c1-5-19-10(2)8-12(19)13(14-15(19)25-18(3,4)24-14)23-7-6-11-16(20)21-9-22-17(11)23/h5-7,9,12-15H,1-2,8H2,3-4H3/t12-,13-,14+,15+,19-/m1/s1. The SMILES string of the molecule is C=C[C@@]12C(=C)C[C@@H]1[C@@H](n1ccc3c(Cl)ncnc31)[C@@H]1OC(C)(C)O[C@@H]12. The maximum atomic E-state index is 6.34. The summed E-state index contributed by atoms with van der Waals surface area (Å²) in [5.41, 5.74) is 1.76. The van der Waals surface area contributed by atoms with E-state index in [4.69, 9.17) is 21.1 Å². The predicted molar refractivity (Wildman–Crippen MR) is 95.3 cm³/mol. The van der Waals surface area contributed by atoms with Crippen molar-refractivity contribution in [3.63, 3.8) is 0 Å². The Kier molecular flexibility index (Phi) is 2.94. The third-order valence-corrected chi connectivity index (χ3v) is 6.46. The van der Waals surface area contributed by atoms with Gasteiger partial charge < -0.3 is 14.0 Å². The Labute approximate surface area is 151 Å². The van der Waals surface area contributed by atoms with Crippen molar-refractivity contribution < 1.29 is 9.47 Å². The first-order valence-corrected chi connectivity index (χ1v) is 8.91. The summed E-state index contributed by atoms with van der Waals surface area (Å²) in [4.78, 5) is 8.55. The fraction of sp³-hybridized carbons (Fsp3) is 0.474. The molecule has 25 heavy (non-hydrogen) atoms. The van der Waals surface area contributed by atoms with E-state index in [1.165, 1.54) is 11.9 Å². The molecule has 0 spiro atoms. The molecule has 0 aromatic carbocycles. The van der Waals surface area contributed by atoms with Crippen molar-refractivity contribution in [3.05, 3.63) is 48.6 Å². The number of halogens is 1. The second kappa shape index (κ2) is 4.72. The molecule has 2 aliphatic carbocycles. The van der Waals surface area contributed by atoms with Gasteiger partial charge >= 0.3 is 0 Å². The van der Waals surface area contributed by atoms with Crippen molar-refractivity contribution in [1.29, 1.82) is 0 Å². The Hall–Kier alpha value is -1.69. The van der Waals surface area contributed by atoms with Gasteiger partial charge in [-0.2, -0.15) is 0 Å². The lowest BCUT2D eigenvalue weighted by Gasteiger charge is -2.49. The maximum absolute atomic E-state index is 6.34. The molecule has 6 heteroatoms. The molecule has 2 aromatic heterocycles. The fourth-order valence-electron chi connectivity index (χ4n) is 5.14. The second-order valence-electron chi connectivity index (χ2n) is 7.69. The molecular formula is C19H20ClN3O2. The molecule has 5 nitrogen and oxygen atoms in total. The smallest absolute Gasteiger partial charge is 0.163 e. The van der Waals surface area contributed by atoms with Crippen LogP contribution in [0.5, 0.6) is 0 Å². The lowest BCUT2D eigenvalue weighted by molar-refractivity contribution is -0.174. The average molecular weight is 358 g/mol. The normalized spacial score (nSPS) is 38.4. The number of hydrogen-bond acceptors (Lipinski definition) is 4. The first-order chi connectivity index (χ1) is 11.9. The number of fused-ring (bicyclic) bond motifs is 4.